The van der Waals surface area contributed by atoms with E-state index in [1.807, 2.05) is 13.8 Å². The van der Waals surface area contributed by atoms with Crippen molar-refractivity contribution in [3.63, 3.8) is 0 Å². The summed E-state index contributed by atoms with van der Waals surface area (Å²) in [5.74, 6) is -0.742. The van der Waals surface area contributed by atoms with Crippen molar-refractivity contribution in [2.24, 2.45) is 0 Å². The molecule has 0 bridgehead atoms. The Labute approximate surface area is 179 Å². The summed E-state index contributed by atoms with van der Waals surface area (Å²) in [6, 6.07) is 3.56. The topological polar surface area (TPSA) is 120 Å². The zero-order valence-electron chi connectivity index (χ0n) is 18.2. The number of phenolic OH excluding ortho intramolecular Hbond substituents is 3. The lowest BCUT2D eigenvalue weighted by Crippen LogP contribution is -2.25. The maximum atomic E-state index is 13.3. The van der Waals surface area contributed by atoms with E-state index in [0.29, 0.717) is 18.4 Å². The number of hydrogen-bond acceptors (Lipinski definition) is 7. The Morgan fingerprint density at radius 1 is 1.06 bits per heavy atom. The fraction of sp³-hybridized carbons (Fsp3) is 0.375. The van der Waals surface area contributed by atoms with E-state index in [0.717, 1.165) is 12.5 Å². The minimum atomic E-state index is -1.00. The van der Waals surface area contributed by atoms with Crippen LogP contribution in [0.15, 0.2) is 39.1 Å². The molecular weight excluding hydrogens is 400 g/mol. The second-order valence-corrected chi connectivity index (χ2v) is 8.37. The molecule has 0 saturated heterocycles. The minimum absolute atomic E-state index is 0.000707. The molecule has 3 aromatic rings. The van der Waals surface area contributed by atoms with Crippen molar-refractivity contribution in [1.29, 1.82) is 0 Å². The van der Waals surface area contributed by atoms with Crippen molar-refractivity contribution in [2.75, 3.05) is 7.11 Å². The SMILES string of the molecule is COc1c(O)cc2oc3cc(O)cc(O)c3c(=O)c2c1CC[C@](C)(O)CCC=C(C)C. The first-order valence-corrected chi connectivity index (χ1v) is 10.1. The zero-order valence-corrected chi connectivity index (χ0v) is 18.2. The number of rotatable bonds is 7. The van der Waals surface area contributed by atoms with Crippen molar-refractivity contribution < 1.29 is 29.6 Å². The molecular formula is C24H28O7. The van der Waals surface area contributed by atoms with Gasteiger partial charge in [-0.1, -0.05) is 11.6 Å². The van der Waals surface area contributed by atoms with Crippen LogP contribution in [0, 0.1) is 0 Å². The molecule has 4 N–H and O–H groups in total. The first-order valence-electron chi connectivity index (χ1n) is 10.1. The van der Waals surface area contributed by atoms with Crippen LogP contribution in [0.2, 0.25) is 0 Å². The van der Waals surface area contributed by atoms with Crippen LogP contribution in [-0.2, 0) is 6.42 Å². The van der Waals surface area contributed by atoms with Crippen molar-refractivity contribution >= 4 is 21.9 Å². The fourth-order valence-corrected chi connectivity index (χ4v) is 3.80. The monoisotopic (exact) mass is 428 g/mol. The number of methoxy groups -OCH3 is 1. The molecule has 1 atom stereocenters. The van der Waals surface area contributed by atoms with Gasteiger partial charge in [-0.05, 0) is 46.5 Å². The maximum Gasteiger partial charge on any atom is 0.204 e. The Bertz CT molecular complexity index is 1210. The molecule has 0 aliphatic heterocycles. The first kappa shape index (κ1) is 22.5. The van der Waals surface area contributed by atoms with Gasteiger partial charge in [-0.25, -0.2) is 0 Å². The highest BCUT2D eigenvalue weighted by Gasteiger charge is 2.25. The number of aromatic hydroxyl groups is 3. The summed E-state index contributed by atoms with van der Waals surface area (Å²) >= 11 is 0. The largest absolute Gasteiger partial charge is 0.508 e. The molecule has 7 heteroatoms. The molecule has 0 fully saturated rings. The predicted octanol–water partition coefficient (Wildman–Crippen LogP) is 4.50. The second-order valence-electron chi connectivity index (χ2n) is 8.37. The fourth-order valence-electron chi connectivity index (χ4n) is 3.80. The van der Waals surface area contributed by atoms with E-state index in [1.54, 1.807) is 6.92 Å². The summed E-state index contributed by atoms with van der Waals surface area (Å²) < 4.78 is 11.1. The van der Waals surface area contributed by atoms with Gasteiger partial charge < -0.3 is 29.6 Å². The number of aryl methyl sites for hydroxylation is 1. The zero-order chi connectivity index (χ0) is 22.9. The highest BCUT2D eigenvalue weighted by atomic mass is 16.5. The van der Waals surface area contributed by atoms with Gasteiger partial charge in [0.15, 0.2) is 11.5 Å². The minimum Gasteiger partial charge on any atom is -0.508 e. The van der Waals surface area contributed by atoms with Crippen molar-refractivity contribution in [3.8, 4) is 23.0 Å². The smallest absolute Gasteiger partial charge is 0.204 e. The number of aliphatic hydroxyl groups is 1. The Kier molecular flexibility index (Phi) is 6.18. The molecule has 0 aliphatic rings. The van der Waals surface area contributed by atoms with Gasteiger partial charge in [-0.2, -0.15) is 0 Å². The van der Waals surface area contributed by atoms with E-state index in [1.165, 1.54) is 24.8 Å². The highest BCUT2D eigenvalue weighted by molar-refractivity contribution is 5.96. The predicted molar refractivity (Wildman–Crippen MR) is 119 cm³/mol. The standard InChI is InChI=1S/C24H28O7/c1-13(2)6-5-8-24(3,29)9-7-15-20-19(12-17(27)23(15)30-4)31-18-11-14(25)10-16(26)21(18)22(20)28/h6,10-12,25-27,29H,5,7-9H2,1-4H3/t24-/m1/s1. The Balaban J connectivity index is 2.14. The third kappa shape index (κ3) is 4.61. The van der Waals surface area contributed by atoms with Gasteiger partial charge in [0.2, 0.25) is 5.43 Å². The van der Waals surface area contributed by atoms with E-state index in [-0.39, 0.29) is 45.6 Å². The van der Waals surface area contributed by atoms with Crippen LogP contribution >= 0.6 is 0 Å². The van der Waals surface area contributed by atoms with Crippen molar-refractivity contribution in [3.05, 3.63) is 45.6 Å². The lowest BCUT2D eigenvalue weighted by Gasteiger charge is -2.24. The number of benzene rings is 2. The van der Waals surface area contributed by atoms with Crippen LogP contribution in [0.1, 0.15) is 45.6 Å². The van der Waals surface area contributed by atoms with Crippen molar-refractivity contribution in [1.82, 2.24) is 0 Å². The van der Waals surface area contributed by atoms with Gasteiger partial charge in [0, 0.05) is 23.8 Å². The summed E-state index contributed by atoms with van der Waals surface area (Å²) in [6.45, 7) is 5.73. The van der Waals surface area contributed by atoms with E-state index in [9.17, 15) is 25.2 Å². The van der Waals surface area contributed by atoms with Crippen LogP contribution in [-0.4, -0.2) is 33.1 Å². The first-order chi connectivity index (χ1) is 14.5. The average Bonchev–Trinajstić information content (AvgIpc) is 2.64. The summed E-state index contributed by atoms with van der Waals surface area (Å²) in [5, 5.41) is 41.3. The summed E-state index contributed by atoms with van der Waals surface area (Å²) in [4.78, 5) is 13.3. The number of phenols is 3. The van der Waals surface area contributed by atoms with Crippen molar-refractivity contribution in [2.45, 2.75) is 52.1 Å². The second kappa shape index (κ2) is 8.51. The number of fused-ring (bicyclic) bond motifs is 2. The van der Waals surface area contributed by atoms with Gasteiger partial charge in [0.05, 0.1) is 18.1 Å². The molecule has 3 rings (SSSR count). The molecule has 166 valence electrons. The Morgan fingerprint density at radius 2 is 1.74 bits per heavy atom. The average molecular weight is 428 g/mol. The molecule has 0 radical (unpaired) electrons. The summed E-state index contributed by atoms with van der Waals surface area (Å²) in [6.07, 6.45) is 3.87. The van der Waals surface area contributed by atoms with Gasteiger partial charge in [-0.3, -0.25) is 4.79 Å². The molecule has 1 aromatic heterocycles. The normalized spacial score (nSPS) is 13.3. The van der Waals surface area contributed by atoms with E-state index < -0.39 is 16.8 Å². The molecule has 0 amide bonds. The maximum absolute atomic E-state index is 13.3. The molecule has 31 heavy (non-hydrogen) atoms. The lowest BCUT2D eigenvalue weighted by atomic mass is 9.90. The third-order valence-corrected chi connectivity index (χ3v) is 5.42. The number of hydrogen-bond donors (Lipinski definition) is 4. The summed E-state index contributed by atoms with van der Waals surface area (Å²) in [7, 11) is 1.38. The number of allylic oxidation sites excluding steroid dienone is 2. The Morgan fingerprint density at radius 3 is 2.39 bits per heavy atom. The molecule has 0 aliphatic carbocycles. The molecule has 1 heterocycles. The molecule has 0 unspecified atom stereocenters. The quantitative estimate of drug-likeness (QED) is 0.323. The van der Waals surface area contributed by atoms with Crippen LogP contribution in [0.4, 0.5) is 0 Å². The molecule has 0 spiro atoms. The van der Waals surface area contributed by atoms with Crippen LogP contribution in [0.25, 0.3) is 21.9 Å². The van der Waals surface area contributed by atoms with Crippen LogP contribution in [0.5, 0.6) is 23.0 Å². The third-order valence-electron chi connectivity index (χ3n) is 5.42. The Hall–Kier alpha value is -3.19. The molecule has 0 saturated carbocycles. The van der Waals surface area contributed by atoms with Gasteiger partial charge in [-0.15, -0.1) is 0 Å². The van der Waals surface area contributed by atoms with E-state index in [2.05, 4.69) is 6.08 Å². The number of ether oxygens (including phenoxy) is 1. The van der Waals surface area contributed by atoms with Crippen LogP contribution in [0.3, 0.4) is 0 Å². The summed E-state index contributed by atoms with van der Waals surface area (Å²) in [5.41, 5.74) is 0.153. The van der Waals surface area contributed by atoms with Gasteiger partial charge in [0.25, 0.3) is 0 Å². The van der Waals surface area contributed by atoms with E-state index >= 15 is 0 Å². The van der Waals surface area contributed by atoms with Gasteiger partial charge in [0.1, 0.15) is 28.1 Å². The lowest BCUT2D eigenvalue weighted by molar-refractivity contribution is 0.0432. The highest BCUT2D eigenvalue weighted by Crippen LogP contribution is 2.39. The van der Waals surface area contributed by atoms with Crippen LogP contribution < -0.4 is 10.2 Å². The molecule has 7 nitrogen and oxygen atoms in total. The molecule has 2 aromatic carbocycles. The van der Waals surface area contributed by atoms with Gasteiger partial charge >= 0.3 is 0 Å². The van der Waals surface area contributed by atoms with E-state index in [4.69, 9.17) is 9.15 Å².